The Morgan fingerprint density at radius 1 is 1.14 bits per heavy atom. The molecule has 2 amide bonds. The van der Waals surface area contributed by atoms with Crippen LogP contribution >= 0.6 is 0 Å². The SMILES string of the molecule is CC(CC(=O)NCC1CCCNC1)NC(=O)C1CCCCC1. The molecule has 1 saturated heterocycles. The van der Waals surface area contributed by atoms with Gasteiger partial charge < -0.3 is 16.0 Å². The minimum atomic E-state index is -0.0843. The van der Waals surface area contributed by atoms with Crippen LogP contribution < -0.4 is 16.0 Å². The third-order valence-corrected chi connectivity index (χ3v) is 4.84. The molecule has 5 heteroatoms. The molecule has 2 rings (SSSR count). The van der Waals surface area contributed by atoms with Crippen molar-refractivity contribution in [2.75, 3.05) is 19.6 Å². The zero-order chi connectivity index (χ0) is 15.8. The van der Waals surface area contributed by atoms with Gasteiger partial charge in [0, 0.05) is 24.9 Å². The molecule has 126 valence electrons. The average molecular weight is 309 g/mol. The molecule has 2 fully saturated rings. The standard InChI is InChI=1S/C17H31N3O2/c1-13(20-17(22)15-7-3-2-4-8-15)10-16(21)19-12-14-6-5-9-18-11-14/h13-15,18H,2-12H2,1H3,(H,19,21)(H,20,22). The van der Waals surface area contributed by atoms with Gasteiger partial charge in [0.05, 0.1) is 0 Å². The molecule has 1 heterocycles. The fourth-order valence-electron chi connectivity index (χ4n) is 3.48. The third kappa shape index (κ3) is 5.95. The van der Waals surface area contributed by atoms with Crippen LogP contribution in [0.1, 0.15) is 58.3 Å². The number of nitrogens with one attached hydrogen (secondary N) is 3. The molecule has 2 unspecified atom stereocenters. The van der Waals surface area contributed by atoms with Gasteiger partial charge in [-0.05, 0) is 51.6 Å². The summed E-state index contributed by atoms with van der Waals surface area (Å²) >= 11 is 0. The second kappa shape index (κ2) is 9.13. The molecule has 0 aromatic heterocycles. The smallest absolute Gasteiger partial charge is 0.223 e. The summed E-state index contributed by atoms with van der Waals surface area (Å²) in [6.45, 7) is 4.75. The van der Waals surface area contributed by atoms with E-state index < -0.39 is 0 Å². The van der Waals surface area contributed by atoms with E-state index in [9.17, 15) is 9.59 Å². The highest BCUT2D eigenvalue weighted by Gasteiger charge is 2.23. The molecule has 2 atom stereocenters. The van der Waals surface area contributed by atoms with Crippen molar-refractivity contribution in [3.8, 4) is 0 Å². The Labute approximate surface area is 134 Å². The maximum Gasteiger partial charge on any atom is 0.223 e. The summed E-state index contributed by atoms with van der Waals surface area (Å²) in [6, 6.07) is -0.0843. The van der Waals surface area contributed by atoms with E-state index in [0.717, 1.165) is 45.3 Å². The predicted molar refractivity (Wildman–Crippen MR) is 87.4 cm³/mol. The van der Waals surface area contributed by atoms with Crippen LogP contribution in [0.5, 0.6) is 0 Å². The van der Waals surface area contributed by atoms with Crippen LogP contribution in [-0.2, 0) is 9.59 Å². The Hall–Kier alpha value is -1.10. The number of carbonyl (C=O) groups excluding carboxylic acids is 2. The lowest BCUT2D eigenvalue weighted by atomic mass is 9.88. The minimum absolute atomic E-state index is 0.0435. The number of hydrogen-bond donors (Lipinski definition) is 3. The van der Waals surface area contributed by atoms with Gasteiger partial charge in [0.15, 0.2) is 0 Å². The van der Waals surface area contributed by atoms with Gasteiger partial charge >= 0.3 is 0 Å². The molecule has 0 bridgehead atoms. The van der Waals surface area contributed by atoms with Crippen molar-refractivity contribution in [1.82, 2.24) is 16.0 Å². The molecule has 1 aliphatic carbocycles. The molecule has 1 aliphatic heterocycles. The largest absolute Gasteiger partial charge is 0.356 e. The molecule has 0 aromatic carbocycles. The molecule has 1 saturated carbocycles. The third-order valence-electron chi connectivity index (χ3n) is 4.84. The summed E-state index contributed by atoms with van der Waals surface area (Å²) in [5.41, 5.74) is 0. The van der Waals surface area contributed by atoms with Crippen molar-refractivity contribution >= 4 is 11.8 Å². The van der Waals surface area contributed by atoms with Gasteiger partial charge in [-0.3, -0.25) is 9.59 Å². The van der Waals surface area contributed by atoms with Gasteiger partial charge in [-0.1, -0.05) is 19.3 Å². The fourth-order valence-corrected chi connectivity index (χ4v) is 3.48. The molecular weight excluding hydrogens is 278 g/mol. The highest BCUT2D eigenvalue weighted by molar-refractivity contribution is 5.81. The first-order valence-corrected chi connectivity index (χ1v) is 8.93. The molecule has 0 aromatic rings. The minimum Gasteiger partial charge on any atom is -0.356 e. The zero-order valence-electron chi connectivity index (χ0n) is 13.8. The van der Waals surface area contributed by atoms with E-state index in [4.69, 9.17) is 0 Å². The molecule has 3 N–H and O–H groups in total. The Bertz CT molecular complexity index is 361. The van der Waals surface area contributed by atoms with Crippen molar-refractivity contribution in [1.29, 1.82) is 0 Å². The lowest BCUT2D eigenvalue weighted by molar-refractivity contribution is -0.127. The lowest BCUT2D eigenvalue weighted by Crippen LogP contribution is -2.42. The normalized spacial score (nSPS) is 24.5. The lowest BCUT2D eigenvalue weighted by Gasteiger charge is -2.24. The van der Waals surface area contributed by atoms with Crippen LogP contribution in [0.25, 0.3) is 0 Å². The summed E-state index contributed by atoms with van der Waals surface area (Å²) in [6.07, 6.45) is 8.30. The van der Waals surface area contributed by atoms with Crippen molar-refractivity contribution in [2.24, 2.45) is 11.8 Å². The Balaban J connectivity index is 1.61. The maximum atomic E-state index is 12.1. The van der Waals surface area contributed by atoms with Crippen molar-refractivity contribution in [2.45, 2.75) is 64.3 Å². The van der Waals surface area contributed by atoms with E-state index in [1.807, 2.05) is 6.92 Å². The van der Waals surface area contributed by atoms with Crippen LogP contribution in [0.2, 0.25) is 0 Å². The monoisotopic (exact) mass is 309 g/mol. The van der Waals surface area contributed by atoms with Crippen molar-refractivity contribution in [3.05, 3.63) is 0 Å². The molecule has 22 heavy (non-hydrogen) atoms. The van der Waals surface area contributed by atoms with Gasteiger partial charge in [0.2, 0.25) is 11.8 Å². The number of rotatable bonds is 6. The number of carbonyl (C=O) groups is 2. The summed E-state index contributed by atoms with van der Waals surface area (Å²) in [5, 5.41) is 9.37. The van der Waals surface area contributed by atoms with E-state index in [-0.39, 0.29) is 23.8 Å². The predicted octanol–water partition coefficient (Wildman–Crippen LogP) is 1.58. The Morgan fingerprint density at radius 3 is 2.59 bits per heavy atom. The zero-order valence-corrected chi connectivity index (χ0v) is 13.8. The molecule has 0 radical (unpaired) electrons. The summed E-state index contributed by atoms with van der Waals surface area (Å²) < 4.78 is 0. The first-order chi connectivity index (χ1) is 10.6. The quantitative estimate of drug-likeness (QED) is 0.697. The second-order valence-electron chi connectivity index (χ2n) is 6.97. The summed E-state index contributed by atoms with van der Waals surface area (Å²) in [5.74, 6) is 0.885. The summed E-state index contributed by atoms with van der Waals surface area (Å²) in [4.78, 5) is 24.1. The van der Waals surface area contributed by atoms with Crippen LogP contribution in [0.4, 0.5) is 0 Å². The first-order valence-electron chi connectivity index (χ1n) is 8.93. The second-order valence-corrected chi connectivity index (χ2v) is 6.97. The number of amides is 2. The Kier molecular flexibility index (Phi) is 7.16. The molecular formula is C17H31N3O2. The van der Waals surface area contributed by atoms with Gasteiger partial charge in [0.1, 0.15) is 0 Å². The van der Waals surface area contributed by atoms with Crippen LogP contribution in [0.15, 0.2) is 0 Å². The van der Waals surface area contributed by atoms with E-state index >= 15 is 0 Å². The van der Waals surface area contributed by atoms with E-state index in [0.29, 0.717) is 12.3 Å². The van der Waals surface area contributed by atoms with Gasteiger partial charge in [-0.25, -0.2) is 0 Å². The first kappa shape index (κ1) is 17.3. The van der Waals surface area contributed by atoms with E-state index in [2.05, 4.69) is 16.0 Å². The maximum absolute atomic E-state index is 12.1. The van der Waals surface area contributed by atoms with Crippen LogP contribution in [0.3, 0.4) is 0 Å². The van der Waals surface area contributed by atoms with Gasteiger partial charge in [-0.2, -0.15) is 0 Å². The van der Waals surface area contributed by atoms with E-state index in [1.165, 1.54) is 19.3 Å². The van der Waals surface area contributed by atoms with E-state index in [1.54, 1.807) is 0 Å². The number of hydrogen-bond acceptors (Lipinski definition) is 3. The fraction of sp³-hybridized carbons (Fsp3) is 0.882. The van der Waals surface area contributed by atoms with Crippen molar-refractivity contribution < 1.29 is 9.59 Å². The highest BCUT2D eigenvalue weighted by atomic mass is 16.2. The van der Waals surface area contributed by atoms with Crippen LogP contribution in [0, 0.1) is 11.8 Å². The van der Waals surface area contributed by atoms with Crippen LogP contribution in [-0.4, -0.2) is 37.5 Å². The van der Waals surface area contributed by atoms with Crippen molar-refractivity contribution in [3.63, 3.8) is 0 Å². The summed E-state index contributed by atoms with van der Waals surface area (Å²) in [7, 11) is 0. The van der Waals surface area contributed by atoms with Gasteiger partial charge in [0.25, 0.3) is 0 Å². The molecule has 5 nitrogen and oxygen atoms in total. The molecule has 0 spiro atoms. The molecule has 2 aliphatic rings. The topological polar surface area (TPSA) is 70.2 Å². The number of piperidine rings is 1. The Morgan fingerprint density at radius 2 is 1.91 bits per heavy atom. The van der Waals surface area contributed by atoms with Gasteiger partial charge in [-0.15, -0.1) is 0 Å². The highest BCUT2D eigenvalue weighted by Crippen LogP contribution is 2.23. The average Bonchev–Trinajstić information content (AvgIpc) is 2.54.